The molecule has 0 bridgehead atoms. The predicted octanol–water partition coefficient (Wildman–Crippen LogP) is 10.0. The highest BCUT2D eigenvalue weighted by Crippen LogP contribution is 2.39. The maximum atomic E-state index is 14.6. The maximum absolute atomic E-state index is 14.6. The highest BCUT2D eigenvalue weighted by Gasteiger charge is 2.34. The molecule has 52 heavy (non-hydrogen) atoms. The van der Waals surface area contributed by atoms with Crippen LogP contribution in [0, 0.1) is 0 Å². The van der Waals surface area contributed by atoms with E-state index in [0.717, 1.165) is 67.3 Å². The molecular weight excluding hydrogens is 641 g/mol. The molecule has 0 unspecified atom stereocenters. The third kappa shape index (κ3) is 5.49. The summed E-state index contributed by atoms with van der Waals surface area (Å²) in [5.74, 6) is -0.313. The third-order valence-corrected chi connectivity index (χ3v) is 9.51. The topological polar surface area (TPSA) is 85.7 Å². The first kappa shape index (κ1) is 30.8. The highest BCUT2D eigenvalue weighted by molar-refractivity contribution is 6.32. The van der Waals surface area contributed by atoms with Gasteiger partial charge in [-0.05, 0) is 93.0 Å². The standard InChI is InChI=1S/C46H28N4O2/c51-45-37-9-5-7-35(31-17-13-29(14-18-31)33-21-25-49-41(27-33)39-11-1-3-23-47-39)43(37)46(52)44-36(8-6-10-38(44)45)32-19-15-30(16-20-32)34-22-26-50-42(28-34)40-12-2-4-24-48-40/h1-28H. The summed E-state index contributed by atoms with van der Waals surface area (Å²) >= 11 is 0. The summed E-state index contributed by atoms with van der Waals surface area (Å²) in [5.41, 5.74) is 12.1. The monoisotopic (exact) mass is 668 g/mol. The molecule has 1 aliphatic rings. The quantitative estimate of drug-likeness (QED) is 0.175. The zero-order valence-electron chi connectivity index (χ0n) is 27.8. The summed E-state index contributed by atoms with van der Waals surface area (Å²) in [6.07, 6.45) is 7.08. The van der Waals surface area contributed by atoms with Gasteiger partial charge in [0, 0.05) is 47.0 Å². The van der Waals surface area contributed by atoms with Crippen molar-refractivity contribution in [2.45, 2.75) is 0 Å². The fourth-order valence-corrected chi connectivity index (χ4v) is 6.94. The van der Waals surface area contributed by atoms with Gasteiger partial charge in [0.25, 0.3) is 0 Å². The first-order chi connectivity index (χ1) is 25.6. The van der Waals surface area contributed by atoms with Crippen LogP contribution in [-0.4, -0.2) is 31.5 Å². The SMILES string of the molecule is O=C1c2cccc(-c3ccc(-c4ccnc(-c5ccccn5)c4)cc3)c2C(=O)c2c1cccc2-c1ccc(-c2ccnc(-c3ccccn3)c2)cc1. The Hall–Kier alpha value is -7.18. The molecule has 4 heterocycles. The summed E-state index contributed by atoms with van der Waals surface area (Å²) < 4.78 is 0. The van der Waals surface area contributed by atoms with Gasteiger partial charge >= 0.3 is 0 Å². The second-order valence-electron chi connectivity index (χ2n) is 12.6. The average Bonchev–Trinajstić information content (AvgIpc) is 3.23. The smallest absolute Gasteiger partial charge is 0.195 e. The molecule has 0 radical (unpaired) electrons. The van der Waals surface area contributed by atoms with E-state index in [4.69, 9.17) is 0 Å². The molecule has 9 rings (SSSR count). The van der Waals surface area contributed by atoms with E-state index in [1.54, 1.807) is 36.9 Å². The van der Waals surface area contributed by atoms with Crippen molar-refractivity contribution >= 4 is 11.6 Å². The molecule has 0 N–H and O–H groups in total. The Morgan fingerprint density at radius 1 is 0.288 bits per heavy atom. The number of carbonyl (C=O) groups excluding carboxylic acids is 2. The Labute approximate surface area is 300 Å². The van der Waals surface area contributed by atoms with E-state index in [1.807, 2.05) is 133 Å². The fourth-order valence-electron chi connectivity index (χ4n) is 6.94. The molecule has 4 aromatic carbocycles. The van der Waals surface area contributed by atoms with Crippen LogP contribution in [0.1, 0.15) is 31.8 Å². The first-order valence-electron chi connectivity index (χ1n) is 16.9. The minimum atomic E-state index is -0.160. The zero-order valence-corrected chi connectivity index (χ0v) is 27.8. The Bertz CT molecular complexity index is 2450. The summed E-state index contributed by atoms with van der Waals surface area (Å²) in [7, 11) is 0. The van der Waals surface area contributed by atoms with Gasteiger partial charge in [0.15, 0.2) is 11.6 Å². The van der Waals surface area contributed by atoms with E-state index < -0.39 is 0 Å². The number of nitrogens with zero attached hydrogens (tertiary/aromatic N) is 4. The van der Waals surface area contributed by atoms with Gasteiger partial charge in [0.05, 0.1) is 22.8 Å². The van der Waals surface area contributed by atoms with Gasteiger partial charge in [0.2, 0.25) is 0 Å². The number of fused-ring (bicyclic) bond motifs is 2. The molecule has 0 spiro atoms. The largest absolute Gasteiger partial charge is 0.289 e. The first-order valence-corrected chi connectivity index (χ1v) is 16.9. The molecule has 0 atom stereocenters. The molecular formula is C46H28N4O2. The maximum Gasteiger partial charge on any atom is 0.195 e. The van der Waals surface area contributed by atoms with Crippen LogP contribution in [0.3, 0.4) is 0 Å². The molecule has 8 aromatic rings. The van der Waals surface area contributed by atoms with Gasteiger partial charge in [-0.15, -0.1) is 0 Å². The molecule has 0 aliphatic heterocycles. The lowest BCUT2D eigenvalue weighted by Crippen LogP contribution is -2.22. The van der Waals surface area contributed by atoms with Crippen LogP contribution in [-0.2, 0) is 0 Å². The predicted molar refractivity (Wildman–Crippen MR) is 204 cm³/mol. The zero-order chi connectivity index (χ0) is 35.0. The van der Waals surface area contributed by atoms with Crippen LogP contribution in [0.2, 0.25) is 0 Å². The molecule has 0 saturated heterocycles. The number of aromatic nitrogens is 4. The summed E-state index contributed by atoms with van der Waals surface area (Å²) in [5, 5.41) is 0. The average molecular weight is 669 g/mol. The van der Waals surface area contributed by atoms with Crippen molar-refractivity contribution in [1.82, 2.24) is 19.9 Å². The van der Waals surface area contributed by atoms with Crippen molar-refractivity contribution in [2.24, 2.45) is 0 Å². The minimum absolute atomic E-state index is 0.154. The van der Waals surface area contributed by atoms with Crippen molar-refractivity contribution in [3.05, 3.63) is 193 Å². The van der Waals surface area contributed by atoms with E-state index in [2.05, 4.69) is 19.9 Å². The van der Waals surface area contributed by atoms with Crippen LogP contribution < -0.4 is 0 Å². The summed E-state index contributed by atoms with van der Waals surface area (Å²) in [6.45, 7) is 0. The van der Waals surface area contributed by atoms with Crippen molar-refractivity contribution in [3.8, 4) is 67.3 Å². The lowest BCUT2D eigenvalue weighted by molar-refractivity contribution is 0.0980. The summed E-state index contributed by atoms with van der Waals surface area (Å²) in [6, 6.07) is 46.7. The second kappa shape index (κ2) is 12.9. The van der Waals surface area contributed by atoms with E-state index >= 15 is 0 Å². The van der Waals surface area contributed by atoms with Crippen LogP contribution >= 0.6 is 0 Å². The lowest BCUT2D eigenvalue weighted by Gasteiger charge is -2.23. The molecule has 0 fully saturated rings. The third-order valence-electron chi connectivity index (χ3n) is 9.51. The van der Waals surface area contributed by atoms with Crippen molar-refractivity contribution in [3.63, 3.8) is 0 Å². The molecule has 4 aromatic heterocycles. The Kier molecular flexibility index (Phi) is 7.67. The summed E-state index contributed by atoms with van der Waals surface area (Å²) in [4.78, 5) is 46.5. The number of hydrogen-bond acceptors (Lipinski definition) is 6. The molecule has 1 aliphatic carbocycles. The van der Waals surface area contributed by atoms with E-state index in [1.165, 1.54) is 0 Å². The molecule has 244 valence electrons. The van der Waals surface area contributed by atoms with Crippen molar-refractivity contribution < 1.29 is 9.59 Å². The van der Waals surface area contributed by atoms with Crippen LogP contribution in [0.4, 0.5) is 0 Å². The van der Waals surface area contributed by atoms with Crippen LogP contribution in [0.5, 0.6) is 0 Å². The Morgan fingerprint density at radius 2 is 0.692 bits per heavy atom. The van der Waals surface area contributed by atoms with Crippen molar-refractivity contribution in [2.75, 3.05) is 0 Å². The van der Waals surface area contributed by atoms with Gasteiger partial charge in [-0.25, -0.2) is 0 Å². The van der Waals surface area contributed by atoms with E-state index in [0.29, 0.717) is 22.3 Å². The number of pyridine rings is 4. The molecule has 6 nitrogen and oxygen atoms in total. The fraction of sp³-hybridized carbons (Fsp3) is 0. The molecule has 6 heteroatoms. The number of carbonyl (C=O) groups is 2. The van der Waals surface area contributed by atoms with Gasteiger partial charge < -0.3 is 0 Å². The van der Waals surface area contributed by atoms with Gasteiger partial charge in [-0.2, -0.15) is 0 Å². The van der Waals surface area contributed by atoms with Crippen LogP contribution in [0.15, 0.2) is 170 Å². The van der Waals surface area contributed by atoms with Gasteiger partial charge in [-0.3, -0.25) is 29.5 Å². The van der Waals surface area contributed by atoms with Gasteiger partial charge in [0.1, 0.15) is 0 Å². The minimum Gasteiger partial charge on any atom is -0.289 e. The number of ketones is 2. The molecule has 0 saturated carbocycles. The molecule has 0 amide bonds. The van der Waals surface area contributed by atoms with E-state index in [-0.39, 0.29) is 11.6 Å². The number of benzene rings is 4. The van der Waals surface area contributed by atoms with Crippen LogP contribution in [0.25, 0.3) is 67.3 Å². The second-order valence-corrected chi connectivity index (χ2v) is 12.6. The number of hydrogen-bond donors (Lipinski definition) is 0. The number of rotatable bonds is 6. The van der Waals surface area contributed by atoms with Gasteiger partial charge in [-0.1, -0.05) is 97.1 Å². The Balaban J connectivity index is 1.05. The van der Waals surface area contributed by atoms with Crippen molar-refractivity contribution in [1.29, 1.82) is 0 Å². The lowest BCUT2D eigenvalue weighted by atomic mass is 9.77. The Morgan fingerprint density at radius 3 is 1.12 bits per heavy atom. The van der Waals surface area contributed by atoms with E-state index in [9.17, 15) is 9.59 Å². The normalized spacial score (nSPS) is 11.9. The highest BCUT2D eigenvalue weighted by atomic mass is 16.1.